The molecular formula is C19H20Cl3N3O. The molecule has 0 saturated carbocycles. The summed E-state index contributed by atoms with van der Waals surface area (Å²) in [4.78, 5) is 20.9. The Morgan fingerprint density at radius 3 is 2.42 bits per heavy atom. The number of nitrogens with zero attached hydrogens (tertiary/aromatic N) is 3. The van der Waals surface area contributed by atoms with E-state index in [1.54, 1.807) is 12.3 Å². The molecule has 0 bridgehead atoms. The van der Waals surface area contributed by atoms with Crippen molar-refractivity contribution >= 4 is 46.5 Å². The molecule has 7 heteroatoms. The van der Waals surface area contributed by atoms with Gasteiger partial charge in [0.15, 0.2) is 0 Å². The van der Waals surface area contributed by atoms with Crippen LogP contribution >= 0.6 is 34.8 Å². The third kappa shape index (κ3) is 5.03. The number of rotatable bonds is 5. The lowest BCUT2D eigenvalue weighted by molar-refractivity contribution is -0.131. The highest BCUT2D eigenvalue weighted by Gasteiger charge is 2.21. The van der Waals surface area contributed by atoms with Crippen LogP contribution in [0.1, 0.15) is 18.4 Å². The highest BCUT2D eigenvalue weighted by atomic mass is 35.5. The van der Waals surface area contributed by atoms with Crippen LogP contribution in [0.5, 0.6) is 0 Å². The van der Waals surface area contributed by atoms with Gasteiger partial charge in [0.2, 0.25) is 5.91 Å². The van der Waals surface area contributed by atoms with Gasteiger partial charge in [0.25, 0.3) is 0 Å². The van der Waals surface area contributed by atoms with E-state index in [4.69, 9.17) is 34.8 Å². The Bertz CT molecular complexity index is 759. The molecule has 1 aromatic heterocycles. The minimum atomic E-state index is 0.203. The summed E-state index contributed by atoms with van der Waals surface area (Å²) in [5.41, 5.74) is 1.10. The molecule has 2 aromatic rings. The SMILES string of the molecule is O=C(CCCc1ccc(Cl)c(Cl)c1)N1CCN(c2ccc(Cl)cn2)CC1. The van der Waals surface area contributed by atoms with Crippen molar-refractivity contribution in [2.24, 2.45) is 0 Å². The first-order chi connectivity index (χ1) is 12.5. The smallest absolute Gasteiger partial charge is 0.222 e. The fourth-order valence-electron chi connectivity index (χ4n) is 3.04. The highest BCUT2D eigenvalue weighted by Crippen LogP contribution is 2.23. The summed E-state index contributed by atoms with van der Waals surface area (Å²) >= 11 is 17.8. The molecule has 4 nitrogen and oxygen atoms in total. The summed E-state index contributed by atoms with van der Waals surface area (Å²) < 4.78 is 0. The second-order valence-corrected chi connectivity index (χ2v) is 7.56. The van der Waals surface area contributed by atoms with E-state index in [1.165, 1.54) is 0 Å². The molecular weight excluding hydrogens is 393 g/mol. The maximum absolute atomic E-state index is 12.4. The zero-order valence-electron chi connectivity index (χ0n) is 14.3. The number of amides is 1. The van der Waals surface area contributed by atoms with Gasteiger partial charge < -0.3 is 9.80 Å². The molecule has 1 saturated heterocycles. The molecule has 1 fully saturated rings. The number of carbonyl (C=O) groups is 1. The first-order valence-corrected chi connectivity index (χ1v) is 9.74. The summed E-state index contributed by atoms with van der Waals surface area (Å²) in [5.74, 6) is 1.11. The number of hydrogen-bond donors (Lipinski definition) is 0. The van der Waals surface area contributed by atoms with E-state index in [9.17, 15) is 4.79 Å². The summed E-state index contributed by atoms with van der Waals surface area (Å²) in [5, 5.41) is 1.74. The van der Waals surface area contributed by atoms with Crippen LogP contribution in [0.2, 0.25) is 15.1 Å². The lowest BCUT2D eigenvalue weighted by Crippen LogP contribution is -2.49. The topological polar surface area (TPSA) is 36.4 Å². The van der Waals surface area contributed by atoms with E-state index in [0.717, 1.165) is 50.4 Å². The summed E-state index contributed by atoms with van der Waals surface area (Å²) in [6.45, 7) is 3.01. The summed E-state index contributed by atoms with van der Waals surface area (Å²) in [6, 6.07) is 9.37. The predicted molar refractivity (Wildman–Crippen MR) is 107 cm³/mol. The molecule has 3 rings (SSSR count). The number of carbonyl (C=O) groups excluding carboxylic acids is 1. The number of pyridine rings is 1. The molecule has 138 valence electrons. The molecule has 2 heterocycles. The lowest BCUT2D eigenvalue weighted by Gasteiger charge is -2.35. The molecule has 0 spiro atoms. The van der Waals surface area contributed by atoms with Crippen molar-refractivity contribution in [3.63, 3.8) is 0 Å². The third-order valence-corrected chi connectivity index (χ3v) is 5.47. The van der Waals surface area contributed by atoms with Crippen molar-refractivity contribution < 1.29 is 4.79 Å². The molecule has 1 aromatic carbocycles. The van der Waals surface area contributed by atoms with Gasteiger partial charge in [-0.05, 0) is 42.7 Å². The highest BCUT2D eigenvalue weighted by molar-refractivity contribution is 6.42. The number of benzene rings is 1. The third-order valence-electron chi connectivity index (χ3n) is 4.51. The lowest BCUT2D eigenvalue weighted by atomic mass is 10.1. The van der Waals surface area contributed by atoms with Gasteiger partial charge in [-0.3, -0.25) is 4.79 Å². The van der Waals surface area contributed by atoms with Crippen molar-refractivity contribution in [1.82, 2.24) is 9.88 Å². The Balaban J connectivity index is 1.43. The summed E-state index contributed by atoms with van der Waals surface area (Å²) in [7, 11) is 0. The molecule has 26 heavy (non-hydrogen) atoms. The monoisotopic (exact) mass is 411 g/mol. The first-order valence-electron chi connectivity index (χ1n) is 8.61. The quantitative estimate of drug-likeness (QED) is 0.713. The van der Waals surface area contributed by atoms with E-state index in [0.29, 0.717) is 21.5 Å². The van der Waals surface area contributed by atoms with Gasteiger partial charge in [-0.1, -0.05) is 40.9 Å². The number of piperazine rings is 1. The van der Waals surface area contributed by atoms with Crippen LogP contribution in [0.4, 0.5) is 5.82 Å². The number of aryl methyl sites for hydroxylation is 1. The van der Waals surface area contributed by atoms with Crippen LogP contribution in [0.15, 0.2) is 36.5 Å². The van der Waals surface area contributed by atoms with Crippen LogP contribution in [0.3, 0.4) is 0 Å². The Hall–Kier alpha value is -1.49. The van der Waals surface area contributed by atoms with Gasteiger partial charge in [-0.15, -0.1) is 0 Å². The molecule has 0 N–H and O–H groups in total. The maximum atomic E-state index is 12.4. The molecule has 0 aliphatic carbocycles. The second kappa shape index (κ2) is 8.94. The van der Waals surface area contributed by atoms with Crippen LogP contribution < -0.4 is 4.90 Å². The Morgan fingerprint density at radius 2 is 1.77 bits per heavy atom. The second-order valence-electron chi connectivity index (χ2n) is 6.30. The minimum absolute atomic E-state index is 0.203. The van der Waals surface area contributed by atoms with Crippen molar-refractivity contribution in [2.45, 2.75) is 19.3 Å². The molecule has 0 atom stereocenters. The van der Waals surface area contributed by atoms with Crippen LogP contribution in [-0.4, -0.2) is 42.0 Å². The number of aromatic nitrogens is 1. The van der Waals surface area contributed by atoms with E-state index in [2.05, 4.69) is 9.88 Å². The van der Waals surface area contributed by atoms with Crippen molar-refractivity contribution in [2.75, 3.05) is 31.1 Å². The van der Waals surface area contributed by atoms with Crippen molar-refractivity contribution in [1.29, 1.82) is 0 Å². The van der Waals surface area contributed by atoms with Crippen LogP contribution in [0.25, 0.3) is 0 Å². The Labute approximate surface area is 168 Å². The maximum Gasteiger partial charge on any atom is 0.222 e. The van der Waals surface area contributed by atoms with Crippen LogP contribution in [0, 0.1) is 0 Å². The molecule has 1 aliphatic rings. The van der Waals surface area contributed by atoms with Gasteiger partial charge in [0, 0.05) is 38.8 Å². The number of anilines is 1. The molecule has 1 aliphatic heterocycles. The predicted octanol–water partition coefficient (Wildman–Crippen LogP) is 4.71. The van der Waals surface area contributed by atoms with Gasteiger partial charge in [-0.2, -0.15) is 0 Å². The average molecular weight is 413 g/mol. The number of halogens is 3. The standard InChI is InChI=1S/C19H20Cl3N3O/c20-15-5-7-18(23-13-15)24-8-10-25(11-9-24)19(26)3-1-2-14-4-6-16(21)17(22)12-14/h4-7,12-13H,1-3,8-11H2. The molecule has 0 radical (unpaired) electrons. The van der Waals surface area contributed by atoms with E-state index >= 15 is 0 Å². The Kier molecular flexibility index (Phi) is 6.63. The molecule has 0 unspecified atom stereocenters. The Morgan fingerprint density at radius 1 is 1.00 bits per heavy atom. The van der Waals surface area contributed by atoms with E-state index in [-0.39, 0.29) is 5.91 Å². The summed E-state index contributed by atoms with van der Waals surface area (Å²) in [6.07, 6.45) is 3.81. The van der Waals surface area contributed by atoms with Crippen molar-refractivity contribution in [3.8, 4) is 0 Å². The fourth-order valence-corrected chi connectivity index (χ4v) is 3.47. The van der Waals surface area contributed by atoms with E-state index < -0.39 is 0 Å². The van der Waals surface area contributed by atoms with Crippen LogP contribution in [-0.2, 0) is 11.2 Å². The average Bonchev–Trinajstić information content (AvgIpc) is 2.65. The zero-order chi connectivity index (χ0) is 18.5. The van der Waals surface area contributed by atoms with Crippen molar-refractivity contribution in [3.05, 3.63) is 57.2 Å². The van der Waals surface area contributed by atoms with Gasteiger partial charge >= 0.3 is 0 Å². The minimum Gasteiger partial charge on any atom is -0.353 e. The van der Waals surface area contributed by atoms with E-state index in [1.807, 2.05) is 29.2 Å². The van der Waals surface area contributed by atoms with Gasteiger partial charge in [0.1, 0.15) is 5.82 Å². The normalized spacial score (nSPS) is 14.6. The van der Waals surface area contributed by atoms with Gasteiger partial charge in [0.05, 0.1) is 15.1 Å². The number of hydrogen-bond acceptors (Lipinski definition) is 3. The zero-order valence-corrected chi connectivity index (χ0v) is 16.6. The fraction of sp³-hybridized carbons (Fsp3) is 0.368. The van der Waals surface area contributed by atoms with Gasteiger partial charge in [-0.25, -0.2) is 4.98 Å². The first kappa shape index (κ1) is 19.3. The largest absolute Gasteiger partial charge is 0.353 e. The molecule has 1 amide bonds.